The lowest BCUT2D eigenvalue weighted by Crippen LogP contribution is -2.36. The van der Waals surface area contributed by atoms with Crippen molar-refractivity contribution in [2.45, 2.75) is 64.7 Å². The van der Waals surface area contributed by atoms with E-state index in [4.69, 9.17) is 9.47 Å². The van der Waals surface area contributed by atoms with Crippen molar-refractivity contribution in [1.82, 2.24) is 5.32 Å². The van der Waals surface area contributed by atoms with Crippen LogP contribution in [0.1, 0.15) is 47.0 Å². The molecule has 0 aliphatic carbocycles. The fraction of sp³-hybridized carbons (Fsp3) is 1.00. The van der Waals surface area contributed by atoms with Crippen LogP contribution in [-0.2, 0) is 9.47 Å². The maximum Gasteiger partial charge on any atom is 0.0631 e. The van der Waals surface area contributed by atoms with Crippen LogP contribution >= 0.6 is 0 Å². The molecule has 0 aromatic heterocycles. The largest absolute Gasteiger partial charge is 0.383 e. The molecule has 0 aromatic rings. The van der Waals surface area contributed by atoms with Gasteiger partial charge in [0.05, 0.1) is 18.3 Å². The van der Waals surface area contributed by atoms with E-state index < -0.39 is 0 Å². The van der Waals surface area contributed by atoms with Gasteiger partial charge >= 0.3 is 0 Å². The minimum atomic E-state index is 0.0943. The average Bonchev–Trinajstić information content (AvgIpc) is 2.58. The molecule has 1 heterocycles. The minimum Gasteiger partial charge on any atom is -0.383 e. The molecule has 3 atom stereocenters. The van der Waals surface area contributed by atoms with E-state index in [1.165, 1.54) is 12.8 Å². The zero-order valence-corrected chi connectivity index (χ0v) is 12.1. The zero-order valence-electron chi connectivity index (χ0n) is 12.1. The third-order valence-electron chi connectivity index (χ3n) is 3.81. The molecule has 1 saturated heterocycles. The van der Waals surface area contributed by atoms with Gasteiger partial charge in [0.2, 0.25) is 0 Å². The molecule has 1 N–H and O–H groups in total. The van der Waals surface area contributed by atoms with Crippen LogP contribution in [0.15, 0.2) is 0 Å². The molecule has 1 aliphatic rings. The van der Waals surface area contributed by atoms with Crippen LogP contribution in [0.3, 0.4) is 0 Å². The first-order chi connectivity index (χ1) is 7.94. The third-order valence-corrected chi connectivity index (χ3v) is 3.81. The second-order valence-corrected chi connectivity index (χ2v) is 5.99. The molecule has 1 rings (SSSR count). The first-order valence-electron chi connectivity index (χ1n) is 6.85. The molecule has 3 unspecified atom stereocenters. The number of hydrogen-bond acceptors (Lipinski definition) is 3. The van der Waals surface area contributed by atoms with Crippen LogP contribution in [0, 0.1) is 5.92 Å². The Morgan fingerprint density at radius 1 is 1.41 bits per heavy atom. The van der Waals surface area contributed by atoms with E-state index in [-0.39, 0.29) is 5.60 Å². The highest BCUT2D eigenvalue weighted by molar-refractivity contribution is 4.83. The van der Waals surface area contributed by atoms with Crippen LogP contribution in [0.4, 0.5) is 0 Å². The van der Waals surface area contributed by atoms with Crippen molar-refractivity contribution in [3.63, 3.8) is 0 Å². The molecule has 102 valence electrons. The highest BCUT2D eigenvalue weighted by Crippen LogP contribution is 2.32. The number of ether oxygens (including phenoxy) is 2. The second kappa shape index (κ2) is 6.72. The lowest BCUT2D eigenvalue weighted by molar-refractivity contribution is -0.0252. The molecule has 3 nitrogen and oxygen atoms in total. The van der Waals surface area contributed by atoms with Crippen molar-refractivity contribution in [2.24, 2.45) is 5.92 Å². The highest BCUT2D eigenvalue weighted by Gasteiger charge is 2.32. The molecule has 0 radical (unpaired) electrons. The van der Waals surface area contributed by atoms with Gasteiger partial charge in [-0.3, -0.25) is 0 Å². The van der Waals surface area contributed by atoms with Crippen LogP contribution in [0.5, 0.6) is 0 Å². The summed E-state index contributed by atoms with van der Waals surface area (Å²) in [6.07, 6.45) is 4.01. The predicted octanol–water partition coefficient (Wildman–Crippen LogP) is 2.59. The number of nitrogens with one attached hydrogen (secondary N) is 1. The van der Waals surface area contributed by atoms with E-state index in [0.29, 0.717) is 18.1 Å². The molecule has 0 saturated carbocycles. The normalized spacial score (nSPS) is 27.0. The van der Waals surface area contributed by atoms with Crippen LogP contribution in [0.2, 0.25) is 0 Å². The summed E-state index contributed by atoms with van der Waals surface area (Å²) in [6, 6.07) is 0.525. The Morgan fingerprint density at radius 2 is 2.12 bits per heavy atom. The highest BCUT2D eigenvalue weighted by atomic mass is 16.5. The summed E-state index contributed by atoms with van der Waals surface area (Å²) in [4.78, 5) is 0. The predicted molar refractivity (Wildman–Crippen MR) is 71.3 cm³/mol. The monoisotopic (exact) mass is 243 g/mol. The number of rotatable bonds is 7. The van der Waals surface area contributed by atoms with Gasteiger partial charge in [0.25, 0.3) is 0 Å². The summed E-state index contributed by atoms with van der Waals surface area (Å²) < 4.78 is 11.1. The Kier molecular flexibility index (Phi) is 5.90. The van der Waals surface area contributed by atoms with Crippen molar-refractivity contribution in [1.29, 1.82) is 0 Å². The van der Waals surface area contributed by atoms with Gasteiger partial charge < -0.3 is 14.8 Å². The first-order valence-corrected chi connectivity index (χ1v) is 6.85. The lowest BCUT2D eigenvalue weighted by atomic mass is 9.95. The second-order valence-electron chi connectivity index (χ2n) is 5.99. The summed E-state index contributed by atoms with van der Waals surface area (Å²) in [5.74, 6) is 0.644. The van der Waals surface area contributed by atoms with Crippen molar-refractivity contribution in [3.05, 3.63) is 0 Å². The molecular weight excluding hydrogens is 214 g/mol. The Labute approximate surface area is 106 Å². The Bertz CT molecular complexity index is 218. The van der Waals surface area contributed by atoms with Gasteiger partial charge in [-0.2, -0.15) is 0 Å². The fourth-order valence-electron chi connectivity index (χ4n) is 2.45. The van der Waals surface area contributed by atoms with E-state index in [9.17, 15) is 0 Å². The smallest absolute Gasteiger partial charge is 0.0631 e. The molecule has 1 aliphatic heterocycles. The zero-order chi connectivity index (χ0) is 12.9. The van der Waals surface area contributed by atoms with Crippen LogP contribution in [-0.4, -0.2) is 38.0 Å². The Balaban J connectivity index is 2.22. The fourth-order valence-corrected chi connectivity index (χ4v) is 2.45. The molecular formula is C14H29NO2. The number of hydrogen-bond donors (Lipinski definition) is 1. The first kappa shape index (κ1) is 14.9. The van der Waals surface area contributed by atoms with Gasteiger partial charge in [0, 0.05) is 19.7 Å². The molecule has 0 amide bonds. The van der Waals surface area contributed by atoms with E-state index >= 15 is 0 Å². The van der Waals surface area contributed by atoms with Gasteiger partial charge in [0.1, 0.15) is 0 Å². The average molecular weight is 243 g/mol. The maximum atomic E-state index is 6.04. The quantitative estimate of drug-likeness (QED) is 0.697. The Morgan fingerprint density at radius 3 is 2.65 bits per heavy atom. The molecule has 0 aromatic carbocycles. The maximum absolute atomic E-state index is 6.04. The van der Waals surface area contributed by atoms with Gasteiger partial charge in [0.15, 0.2) is 0 Å². The molecule has 17 heavy (non-hydrogen) atoms. The molecule has 0 spiro atoms. The van der Waals surface area contributed by atoms with Crippen molar-refractivity contribution in [2.75, 3.05) is 20.3 Å². The minimum absolute atomic E-state index is 0.0943. The summed E-state index contributed by atoms with van der Waals surface area (Å²) >= 11 is 0. The number of methoxy groups -OCH3 is 1. The van der Waals surface area contributed by atoms with E-state index in [1.54, 1.807) is 7.11 Å². The molecule has 1 fully saturated rings. The van der Waals surface area contributed by atoms with Crippen molar-refractivity contribution in [3.8, 4) is 0 Å². The van der Waals surface area contributed by atoms with Crippen LogP contribution in [0.25, 0.3) is 0 Å². The van der Waals surface area contributed by atoms with Gasteiger partial charge in [-0.25, -0.2) is 0 Å². The molecule has 3 heteroatoms. The summed E-state index contributed by atoms with van der Waals surface area (Å²) in [7, 11) is 1.74. The van der Waals surface area contributed by atoms with E-state index in [1.807, 2.05) is 0 Å². The summed E-state index contributed by atoms with van der Waals surface area (Å²) in [6.45, 7) is 10.7. The van der Waals surface area contributed by atoms with Crippen molar-refractivity contribution >= 4 is 0 Å². The van der Waals surface area contributed by atoms with Crippen molar-refractivity contribution < 1.29 is 9.47 Å². The topological polar surface area (TPSA) is 30.5 Å². The standard InChI is InChI=1S/C14H29NO2/c1-11(12(2)15-8-9-16-5)10-13-6-7-14(3,4)17-13/h11-13,15H,6-10H2,1-5H3. The molecule has 0 bridgehead atoms. The lowest BCUT2D eigenvalue weighted by Gasteiger charge is -2.25. The van der Waals surface area contributed by atoms with Gasteiger partial charge in [-0.05, 0) is 46.0 Å². The van der Waals surface area contributed by atoms with E-state index in [2.05, 4.69) is 33.0 Å². The SMILES string of the molecule is COCCNC(C)C(C)CC1CCC(C)(C)O1. The van der Waals surface area contributed by atoms with Gasteiger partial charge in [-0.1, -0.05) is 6.92 Å². The van der Waals surface area contributed by atoms with Gasteiger partial charge in [-0.15, -0.1) is 0 Å². The third kappa shape index (κ3) is 5.36. The summed E-state index contributed by atoms with van der Waals surface area (Å²) in [5, 5.41) is 3.50. The van der Waals surface area contributed by atoms with E-state index in [0.717, 1.165) is 19.6 Å². The summed E-state index contributed by atoms with van der Waals surface area (Å²) in [5.41, 5.74) is 0.0943. The van der Waals surface area contributed by atoms with Crippen LogP contribution < -0.4 is 5.32 Å². The Hall–Kier alpha value is -0.120.